The molecular formula is C19H17Cl2N3O2. The maximum Gasteiger partial charge on any atom is 0.296 e. The fourth-order valence-corrected chi connectivity index (χ4v) is 3.45. The van der Waals surface area contributed by atoms with Crippen LogP contribution in [0.25, 0.3) is 0 Å². The molecule has 134 valence electrons. The number of aliphatic imine (C=N–C) groups is 1. The van der Waals surface area contributed by atoms with E-state index in [4.69, 9.17) is 27.9 Å². The van der Waals surface area contributed by atoms with E-state index in [-0.39, 0.29) is 5.91 Å². The van der Waals surface area contributed by atoms with Crippen molar-refractivity contribution in [1.29, 1.82) is 0 Å². The van der Waals surface area contributed by atoms with E-state index in [0.717, 1.165) is 24.3 Å². The average molecular weight is 390 g/mol. The predicted molar refractivity (Wildman–Crippen MR) is 103 cm³/mol. The first kappa shape index (κ1) is 17.2. The molecule has 0 saturated carbocycles. The van der Waals surface area contributed by atoms with Gasteiger partial charge in [-0.2, -0.15) is 4.99 Å². The quantitative estimate of drug-likeness (QED) is 0.783. The molecule has 2 aromatic carbocycles. The zero-order valence-electron chi connectivity index (χ0n) is 13.9. The maximum atomic E-state index is 12.2. The summed E-state index contributed by atoms with van der Waals surface area (Å²) in [6, 6.07) is 15.5. The number of anilines is 1. The highest BCUT2D eigenvalue weighted by Gasteiger charge is 2.34. The van der Waals surface area contributed by atoms with Crippen molar-refractivity contribution in [2.45, 2.75) is 6.10 Å². The molecule has 1 amide bonds. The van der Waals surface area contributed by atoms with Gasteiger partial charge in [-0.15, -0.1) is 0 Å². The lowest BCUT2D eigenvalue weighted by molar-refractivity contribution is -0.123. The van der Waals surface area contributed by atoms with Crippen LogP contribution in [-0.2, 0) is 9.53 Å². The van der Waals surface area contributed by atoms with E-state index in [1.54, 1.807) is 6.07 Å². The molecule has 0 bridgehead atoms. The first-order valence-corrected chi connectivity index (χ1v) is 9.16. The van der Waals surface area contributed by atoms with Gasteiger partial charge < -0.3 is 14.5 Å². The minimum atomic E-state index is -0.640. The summed E-state index contributed by atoms with van der Waals surface area (Å²) in [4.78, 5) is 20.6. The number of piperazine rings is 1. The smallest absolute Gasteiger partial charge is 0.296 e. The molecule has 2 aliphatic heterocycles. The molecule has 0 aliphatic carbocycles. The van der Waals surface area contributed by atoms with E-state index in [0.29, 0.717) is 29.2 Å². The van der Waals surface area contributed by atoms with Gasteiger partial charge >= 0.3 is 0 Å². The zero-order valence-corrected chi connectivity index (χ0v) is 15.5. The highest BCUT2D eigenvalue weighted by molar-refractivity contribution is 6.42. The second-order valence-electron chi connectivity index (χ2n) is 6.21. The molecule has 0 N–H and O–H groups in total. The largest absolute Gasteiger partial charge is 0.446 e. The number of rotatable bonds is 2. The SMILES string of the molecule is O=C1N=C(N2CCN(c3ccc(Cl)c(Cl)c3)CC2)OC1c1ccccc1. The fourth-order valence-electron chi connectivity index (χ4n) is 3.16. The summed E-state index contributed by atoms with van der Waals surface area (Å²) in [6.07, 6.45) is -0.640. The van der Waals surface area contributed by atoms with E-state index in [1.807, 2.05) is 47.4 Å². The number of carbonyl (C=O) groups excluding carboxylic acids is 1. The van der Waals surface area contributed by atoms with Crippen LogP contribution >= 0.6 is 23.2 Å². The summed E-state index contributed by atoms with van der Waals surface area (Å²) < 4.78 is 5.84. The third kappa shape index (κ3) is 3.37. The maximum absolute atomic E-state index is 12.2. The first-order chi connectivity index (χ1) is 12.6. The second-order valence-corrected chi connectivity index (χ2v) is 7.03. The lowest BCUT2D eigenvalue weighted by Gasteiger charge is -2.36. The number of ether oxygens (including phenoxy) is 1. The monoisotopic (exact) mass is 389 g/mol. The fraction of sp³-hybridized carbons (Fsp3) is 0.263. The molecule has 1 saturated heterocycles. The lowest BCUT2D eigenvalue weighted by Crippen LogP contribution is -2.49. The van der Waals surface area contributed by atoms with Crippen molar-refractivity contribution in [3.63, 3.8) is 0 Å². The third-order valence-electron chi connectivity index (χ3n) is 4.57. The average Bonchev–Trinajstić information content (AvgIpc) is 3.06. The number of nitrogens with zero attached hydrogens (tertiary/aromatic N) is 3. The van der Waals surface area contributed by atoms with Gasteiger partial charge in [-0.05, 0) is 18.2 Å². The number of hydrogen-bond acceptors (Lipinski definition) is 4. The highest BCUT2D eigenvalue weighted by Crippen LogP contribution is 2.29. The van der Waals surface area contributed by atoms with Crippen molar-refractivity contribution < 1.29 is 9.53 Å². The van der Waals surface area contributed by atoms with Crippen LogP contribution in [0.5, 0.6) is 0 Å². The molecule has 1 atom stereocenters. The zero-order chi connectivity index (χ0) is 18.1. The Kier molecular flexibility index (Phi) is 4.74. The van der Waals surface area contributed by atoms with Gasteiger partial charge in [0.15, 0.2) is 0 Å². The Morgan fingerprint density at radius 2 is 1.62 bits per heavy atom. The minimum Gasteiger partial charge on any atom is -0.446 e. The normalized spacial score (nSPS) is 20.2. The van der Waals surface area contributed by atoms with Crippen molar-refractivity contribution in [1.82, 2.24) is 4.90 Å². The van der Waals surface area contributed by atoms with Crippen LogP contribution in [0.4, 0.5) is 5.69 Å². The van der Waals surface area contributed by atoms with Crippen molar-refractivity contribution in [2.75, 3.05) is 31.1 Å². The van der Waals surface area contributed by atoms with Crippen molar-refractivity contribution in [3.05, 3.63) is 64.1 Å². The third-order valence-corrected chi connectivity index (χ3v) is 5.31. The molecule has 0 aromatic heterocycles. The number of amidine groups is 1. The number of carbonyl (C=O) groups is 1. The molecule has 2 aromatic rings. The number of benzene rings is 2. The Labute approximate surface area is 161 Å². The summed E-state index contributed by atoms with van der Waals surface area (Å²) in [6.45, 7) is 3.00. The summed E-state index contributed by atoms with van der Waals surface area (Å²) in [7, 11) is 0. The number of amides is 1. The topological polar surface area (TPSA) is 45.1 Å². The Morgan fingerprint density at radius 1 is 0.923 bits per heavy atom. The number of halogens is 2. The predicted octanol–water partition coefficient (Wildman–Crippen LogP) is 3.77. The molecule has 2 heterocycles. The van der Waals surface area contributed by atoms with E-state index in [1.165, 1.54) is 0 Å². The summed E-state index contributed by atoms with van der Waals surface area (Å²) in [5.74, 6) is -0.252. The molecule has 2 aliphatic rings. The van der Waals surface area contributed by atoms with Crippen LogP contribution in [0.3, 0.4) is 0 Å². The summed E-state index contributed by atoms with van der Waals surface area (Å²) in [5.41, 5.74) is 1.86. The first-order valence-electron chi connectivity index (χ1n) is 8.41. The lowest BCUT2D eigenvalue weighted by atomic mass is 10.1. The van der Waals surface area contributed by atoms with Gasteiger partial charge in [0.05, 0.1) is 10.0 Å². The highest BCUT2D eigenvalue weighted by atomic mass is 35.5. The molecule has 1 fully saturated rings. The van der Waals surface area contributed by atoms with Crippen LogP contribution in [-0.4, -0.2) is 43.0 Å². The second kappa shape index (κ2) is 7.17. The Hall–Kier alpha value is -2.24. The molecule has 0 radical (unpaired) electrons. The van der Waals surface area contributed by atoms with Crippen LogP contribution in [0, 0.1) is 0 Å². The summed E-state index contributed by atoms with van der Waals surface area (Å²) in [5, 5.41) is 1.10. The van der Waals surface area contributed by atoms with Gasteiger partial charge in [0.1, 0.15) is 0 Å². The van der Waals surface area contributed by atoms with Gasteiger partial charge in [0.25, 0.3) is 11.9 Å². The van der Waals surface area contributed by atoms with E-state index < -0.39 is 6.10 Å². The molecule has 4 rings (SSSR count). The van der Waals surface area contributed by atoms with Crippen LogP contribution in [0.2, 0.25) is 10.0 Å². The molecule has 1 unspecified atom stereocenters. The van der Waals surface area contributed by atoms with E-state index in [9.17, 15) is 4.79 Å². The standard InChI is InChI=1S/C19H17Cl2N3O2/c20-15-7-6-14(12-16(15)21)23-8-10-24(11-9-23)19-22-18(25)17(26-19)13-4-2-1-3-5-13/h1-7,12,17H,8-11H2. The Balaban J connectivity index is 1.40. The molecule has 5 nitrogen and oxygen atoms in total. The molecule has 26 heavy (non-hydrogen) atoms. The van der Waals surface area contributed by atoms with Crippen molar-refractivity contribution in [3.8, 4) is 0 Å². The van der Waals surface area contributed by atoms with Gasteiger partial charge in [0, 0.05) is 37.4 Å². The molecular weight excluding hydrogens is 373 g/mol. The molecule has 0 spiro atoms. The van der Waals surface area contributed by atoms with Gasteiger partial charge in [-0.3, -0.25) is 4.79 Å². The minimum absolute atomic E-state index is 0.252. The van der Waals surface area contributed by atoms with Gasteiger partial charge in [-0.25, -0.2) is 0 Å². The van der Waals surface area contributed by atoms with Crippen LogP contribution in [0.1, 0.15) is 11.7 Å². The Bertz CT molecular complexity index is 849. The Morgan fingerprint density at radius 3 is 2.31 bits per heavy atom. The van der Waals surface area contributed by atoms with E-state index in [2.05, 4.69) is 9.89 Å². The molecule has 7 heteroatoms. The van der Waals surface area contributed by atoms with E-state index >= 15 is 0 Å². The number of hydrogen-bond donors (Lipinski definition) is 0. The van der Waals surface area contributed by atoms with Crippen molar-refractivity contribution in [2.24, 2.45) is 4.99 Å². The van der Waals surface area contributed by atoms with Crippen LogP contribution in [0.15, 0.2) is 53.5 Å². The van der Waals surface area contributed by atoms with Crippen LogP contribution < -0.4 is 4.90 Å². The van der Waals surface area contributed by atoms with Gasteiger partial charge in [0.2, 0.25) is 6.10 Å². The van der Waals surface area contributed by atoms with Crippen molar-refractivity contribution >= 4 is 40.8 Å². The summed E-state index contributed by atoms with van der Waals surface area (Å²) >= 11 is 12.1. The van der Waals surface area contributed by atoms with Gasteiger partial charge in [-0.1, -0.05) is 53.5 Å².